The zero-order chi connectivity index (χ0) is 17.5. The lowest BCUT2D eigenvalue weighted by atomic mass is 9.97. The highest BCUT2D eigenvalue weighted by molar-refractivity contribution is 7.89. The predicted octanol–water partition coefficient (Wildman–Crippen LogP) is 1.28. The van der Waals surface area contributed by atoms with Crippen LogP contribution in [0.4, 0.5) is 0 Å². The maximum absolute atomic E-state index is 12.3. The van der Waals surface area contributed by atoms with Crippen LogP contribution in [-0.4, -0.2) is 68.0 Å². The lowest BCUT2D eigenvalue weighted by molar-refractivity contribution is -0.126. The molecule has 1 atom stereocenters. The molecule has 1 aliphatic rings. The maximum Gasteiger partial charge on any atom is 0.223 e. The van der Waals surface area contributed by atoms with Crippen molar-refractivity contribution in [1.29, 1.82) is 0 Å². The van der Waals surface area contributed by atoms with Crippen LogP contribution in [0.15, 0.2) is 0 Å². The first-order chi connectivity index (χ1) is 10.9. The van der Waals surface area contributed by atoms with E-state index in [0.29, 0.717) is 44.9 Å². The first-order valence-electron chi connectivity index (χ1n) is 8.85. The lowest BCUT2D eigenvalue weighted by Crippen LogP contribution is -2.46. The molecule has 1 N–H and O–H groups in total. The number of nitrogens with zero attached hydrogens (tertiary/aromatic N) is 2. The predicted molar refractivity (Wildman–Crippen MR) is 93.8 cm³/mol. The van der Waals surface area contributed by atoms with Gasteiger partial charge in [0.15, 0.2) is 0 Å². The molecule has 0 aliphatic carbocycles. The topological polar surface area (TPSA) is 69.7 Å². The summed E-state index contributed by atoms with van der Waals surface area (Å²) in [5.74, 6) is 0.203. The molecule has 0 spiro atoms. The highest BCUT2D eigenvalue weighted by atomic mass is 32.2. The van der Waals surface area contributed by atoms with Gasteiger partial charge in [0, 0.05) is 31.6 Å². The molecule has 1 saturated heterocycles. The molecular formula is C16H33N3O3S. The van der Waals surface area contributed by atoms with Crippen LogP contribution >= 0.6 is 0 Å². The Bertz CT molecular complexity index is 455. The van der Waals surface area contributed by atoms with Crippen molar-refractivity contribution in [2.45, 2.75) is 53.0 Å². The summed E-state index contributed by atoms with van der Waals surface area (Å²) in [5.41, 5.74) is 0. The average Bonchev–Trinajstić information content (AvgIpc) is 2.54. The minimum absolute atomic E-state index is 0.0630. The fourth-order valence-corrected chi connectivity index (χ4v) is 4.69. The van der Waals surface area contributed by atoms with E-state index in [2.05, 4.69) is 31.0 Å². The fourth-order valence-electron chi connectivity index (χ4n) is 3.15. The number of hydrogen-bond acceptors (Lipinski definition) is 4. The van der Waals surface area contributed by atoms with Gasteiger partial charge in [-0.1, -0.05) is 20.8 Å². The molecule has 1 amide bonds. The lowest BCUT2D eigenvalue weighted by Gasteiger charge is -2.31. The zero-order valence-electron chi connectivity index (χ0n) is 15.0. The summed E-state index contributed by atoms with van der Waals surface area (Å²) in [5, 5.41) is 3.03. The Morgan fingerprint density at radius 2 is 1.78 bits per heavy atom. The molecule has 0 aromatic heterocycles. The van der Waals surface area contributed by atoms with E-state index in [-0.39, 0.29) is 17.6 Å². The van der Waals surface area contributed by atoms with Crippen molar-refractivity contribution in [3.63, 3.8) is 0 Å². The van der Waals surface area contributed by atoms with Gasteiger partial charge in [-0.05, 0) is 39.3 Å². The van der Waals surface area contributed by atoms with Gasteiger partial charge >= 0.3 is 0 Å². The van der Waals surface area contributed by atoms with Crippen LogP contribution in [0.5, 0.6) is 0 Å². The number of nitrogens with one attached hydrogen (secondary N) is 1. The molecule has 0 saturated carbocycles. The fraction of sp³-hybridized carbons (Fsp3) is 0.938. The number of rotatable bonds is 9. The van der Waals surface area contributed by atoms with Gasteiger partial charge in [-0.2, -0.15) is 0 Å². The van der Waals surface area contributed by atoms with Crippen LogP contribution in [0.1, 0.15) is 47.0 Å². The van der Waals surface area contributed by atoms with Crippen LogP contribution in [0.25, 0.3) is 0 Å². The Labute approximate surface area is 141 Å². The highest BCUT2D eigenvalue weighted by Crippen LogP contribution is 2.20. The molecule has 1 fully saturated rings. The van der Waals surface area contributed by atoms with Crippen molar-refractivity contribution in [3.8, 4) is 0 Å². The van der Waals surface area contributed by atoms with Gasteiger partial charge in [-0.25, -0.2) is 12.7 Å². The normalized spacial score (nSPS) is 19.0. The SMILES string of the molecule is CCCS(=O)(=O)N1CCC(C(=O)NC[C@@H](C)N(CC)CC)CC1. The second-order valence-corrected chi connectivity index (χ2v) is 8.39. The van der Waals surface area contributed by atoms with Crippen LogP contribution in [0.3, 0.4) is 0 Å². The summed E-state index contributed by atoms with van der Waals surface area (Å²) >= 11 is 0. The molecule has 0 bridgehead atoms. The Balaban J connectivity index is 2.41. The number of carbonyl (C=O) groups is 1. The molecule has 0 unspecified atom stereocenters. The first kappa shape index (κ1) is 20.4. The third kappa shape index (κ3) is 6.04. The molecule has 1 rings (SSSR count). The largest absolute Gasteiger partial charge is 0.354 e. The summed E-state index contributed by atoms with van der Waals surface area (Å²) in [6.07, 6.45) is 1.87. The summed E-state index contributed by atoms with van der Waals surface area (Å²) in [6.45, 7) is 11.7. The number of likely N-dealkylation sites (N-methyl/N-ethyl adjacent to an activating group) is 1. The number of carbonyl (C=O) groups excluding carboxylic acids is 1. The van der Waals surface area contributed by atoms with Crippen molar-refractivity contribution in [2.24, 2.45) is 5.92 Å². The van der Waals surface area contributed by atoms with Gasteiger partial charge in [-0.3, -0.25) is 9.69 Å². The molecule has 7 heteroatoms. The van der Waals surface area contributed by atoms with E-state index in [9.17, 15) is 13.2 Å². The van der Waals surface area contributed by atoms with Gasteiger partial charge in [0.25, 0.3) is 0 Å². The number of piperidine rings is 1. The highest BCUT2D eigenvalue weighted by Gasteiger charge is 2.30. The third-order valence-corrected chi connectivity index (χ3v) is 6.76. The monoisotopic (exact) mass is 347 g/mol. The molecule has 1 heterocycles. The van der Waals surface area contributed by atoms with E-state index in [1.807, 2.05) is 6.92 Å². The number of amides is 1. The van der Waals surface area contributed by atoms with Crippen molar-refractivity contribution in [2.75, 3.05) is 38.5 Å². The Kier molecular flexibility index (Phi) is 8.50. The standard InChI is InChI=1S/C16H33N3O3S/c1-5-12-23(21,22)19-10-8-15(9-11-19)16(20)17-13-14(4)18(6-2)7-3/h14-15H,5-13H2,1-4H3,(H,17,20)/t14-/m1/s1. The van der Waals surface area contributed by atoms with E-state index in [0.717, 1.165) is 13.1 Å². The third-order valence-electron chi connectivity index (χ3n) is 4.69. The van der Waals surface area contributed by atoms with Crippen molar-refractivity contribution < 1.29 is 13.2 Å². The van der Waals surface area contributed by atoms with Gasteiger partial charge < -0.3 is 5.32 Å². The molecular weight excluding hydrogens is 314 g/mol. The number of sulfonamides is 1. The van der Waals surface area contributed by atoms with E-state index >= 15 is 0 Å². The molecule has 0 radical (unpaired) electrons. The van der Waals surface area contributed by atoms with Crippen LogP contribution in [-0.2, 0) is 14.8 Å². The quantitative estimate of drug-likeness (QED) is 0.682. The summed E-state index contributed by atoms with van der Waals surface area (Å²) in [6, 6.07) is 0.318. The second-order valence-electron chi connectivity index (χ2n) is 6.30. The minimum atomic E-state index is -3.13. The van der Waals surface area contributed by atoms with Crippen LogP contribution in [0, 0.1) is 5.92 Å². The second kappa shape index (κ2) is 9.59. The van der Waals surface area contributed by atoms with Crippen molar-refractivity contribution >= 4 is 15.9 Å². The minimum Gasteiger partial charge on any atom is -0.354 e. The molecule has 1 aliphatic heterocycles. The summed E-state index contributed by atoms with van der Waals surface area (Å²) < 4.78 is 25.6. The van der Waals surface area contributed by atoms with E-state index in [1.165, 1.54) is 0 Å². The van der Waals surface area contributed by atoms with Crippen LogP contribution < -0.4 is 5.32 Å². The molecule has 6 nitrogen and oxygen atoms in total. The average molecular weight is 348 g/mol. The Morgan fingerprint density at radius 3 is 2.26 bits per heavy atom. The smallest absolute Gasteiger partial charge is 0.223 e. The summed E-state index contributed by atoms with van der Waals surface area (Å²) in [7, 11) is -3.13. The van der Waals surface area contributed by atoms with Gasteiger partial charge in [0.2, 0.25) is 15.9 Å². The zero-order valence-corrected chi connectivity index (χ0v) is 15.9. The first-order valence-corrected chi connectivity index (χ1v) is 10.5. The maximum atomic E-state index is 12.3. The molecule has 23 heavy (non-hydrogen) atoms. The van der Waals surface area contributed by atoms with Crippen molar-refractivity contribution in [3.05, 3.63) is 0 Å². The van der Waals surface area contributed by atoms with Gasteiger partial charge in [-0.15, -0.1) is 0 Å². The Morgan fingerprint density at radius 1 is 1.22 bits per heavy atom. The Hall–Kier alpha value is -0.660. The number of hydrogen-bond donors (Lipinski definition) is 1. The molecule has 0 aromatic rings. The van der Waals surface area contributed by atoms with E-state index in [1.54, 1.807) is 4.31 Å². The van der Waals surface area contributed by atoms with Gasteiger partial charge in [0.05, 0.1) is 5.75 Å². The van der Waals surface area contributed by atoms with Crippen molar-refractivity contribution in [1.82, 2.24) is 14.5 Å². The van der Waals surface area contributed by atoms with Crippen LogP contribution in [0.2, 0.25) is 0 Å². The summed E-state index contributed by atoms with van der Waals surface area (Å²) in [4.78, 5) is 14.6. The van der Waals surface area contributed by atoms with Gasteiger partial charge in [0.1, 0.15) is 0 Å². The van der Waals surface area contributed by atoms with E-state index in [4.69, 9.17) is 0 Å². The molecule has 136 valence electrons. The van der Waals surface area contributed by atoms with E-state index < -0.39 is 10.0 Å². The molecule has 0 aromatic carbocycles.